The third-order valence-electron chi connectivity index (χ3n) is 6.06. The van der Waals surface area contributed by atoms with Crippen LogP contribution in [-0.2, 0) is 19.0 Å². The van der Waals surface area contributed by atoms with Crippen LogP contribution in [0.2, 0.25) is 0 Å². The van der Waals surface area contributed by atoms with Crippen molar-refractivity contribution in [2.45, 2.75) is 44.3 Å². The normalized spacial score (nSPS) is 41.4. The maximum absolute atomic E-state index is 12.1. The van der Waals surface area contributed by atoms with Crippen molar-refractivity contribution in [2.75, 3.05) is 20.3 Å². The number of esters is 1. The van der Waals surface area contributed by atoms with Gasteiger partial charge in [-0.3, -0.25) is 0 Å². The van der Waals surface area contributed by atoms with E-state index < -0.39 is 5.79 Å². The zero-order valence-corrected chi connectivity index (χ0v) is 12.0. The maximum Gasteiger partial charge on any atom is 0.333 e. The quantitative estimate of drug-likeness (QED) is 0.691. The van der Waals surface area contributed by atoms with E-state index in [0.717, 1.165) is 37.7 Å². The molecule has 4 fully saturated rings. The SMILES string of the molecule is COC(=O)C1=CCC[C@@]23CCC(CC12)CC31OCCO1. The number of fused-ring (bicyclic) bond motifs is 1. The first kappa shape index (κ1) is 12.8. The van der Waals surface area contributed by atoms with Crippen LogP contribution >= 0.6 is 0 Å². The van der Waals surface area contributed by atoms with Crippen LogP contribution in [0.4, 0.5) is 0 Å². The lowest BCUT2D eigenvalue weighted by molar-refractivity contribution is -0.303. The lowest BCUT2D eigenvalue weighted by atomic mass is 9.47. The van der Waals surface area contributed by atoms with Gasteiger partial charge in [0.15, 0.2) is 5.79 Å². The smallest absolute Gasteiger partial charge is 0.333 e. The Balaban J connectivity index is 1.77. The first-order valence-corrected chi connectivity index (χ1v) is 7.77. The van der Waals surface area contributed by atoms with Crippen molar-refractivity contribution in [3.8, 4) is 0 Å². The molecule has 3 atom stereocenters. The lowest BCUT2D eigenvalue weighted by Crippen LogP contribution is -2.62. The molecule has 4 aliphatic carbocycles. The highest BCUT2D eigenvalue weighted by molar-refractivity contribution is 5.89. The summed E-state index contributed by atoms with van der Waals surface area (Å²) < 4.78 is 17.3. The molecule has 5 aliphatic rings. The number of methoxy groups -OCH3 is 1. The monoisotopic (exact) mass is 278 g/mol. The summed E-state index contributed by atoms with van der Waals surface area (Å²) in [5.74, 6) is 0.294. The van der Waals surface area contributed by atoms with Gasteiger partial charge in [-0.15, -0.1) is 0 Å². The average Bonchev–Trinajstić information content (AvgIpc) is 2.94. The van der Waals surface area contributed by atoms with E-state index in [-0.39, 0.29) is 17.3 Å². The first-order valence-electron chi connectivity index (χ1n) is 7.77. The van der Waals surface area contributed by atoms with Crippen molar-refractivity contribution in [1.82, 2.24) is 0 Å². The van der Waals surface area contributed by atoms with Crippen LogP contribution in [0.1, 0.15) is 38.5 Å². The fourth-order valence-electron chi connectivity index (χ4n) is 5.28. The highest BCUT2D eigenvalue weighted by Gasteiger charge is 2.67. The van der Waals surface area contributed by atoms with Gasteiger partial charge in [-0.05, 0) is 38.0 Å². The fourth-order valence-corrected chi connectivity index (χ4v) is 5.28. The molecule has 4 heteroatoms. The second-order valence-electron chi connectivity index (χ2n) is 6.69. The molecule has 2 spiro atoms. The Bertz CT molecular complexity index is 463. The summed E-state index contributed by atoms with van der Waals surface area (Å²) in [6, 6.07) is 0. The Hall–Kier alpha value is -0.870. The Morgan fingerprint density at radius 3 is 2.90 bits per heavy atom. The van der Waals surface area contributed by atoms with Crippen LogP contribution in [0.5, 0.6) is 0 Å². The fraction of sp³-hybridized carbons (Fsp3) is 0.812. The zero-order chi connectivity index (χ0) is 13.8. The van der Waals surface area contributed by atoms with E-state index >= 15 is 0 Å². The molecule has 0 radical (unpaired) electrons. The van der Waals surface area contributed by atoms with Gasteiger partial charge >= 0.3 is 5.97 Å². The average molecular weight is 278 g/mol. The zero-order valence-electron chi connectivity index (χ0n) is 12.0. The number of rotatable bonds is 1. The molecule has 0 amide bonds. The van der Waals surface area contributed by atoms with Crippen LogP contribution in [0.25, 0.3) is 0 Å². The lowest BCUT2D eigenvalue weighted by Gasteiger charge is -2.62. The molecular formula is C16H22O4. The number of ether oxygens (including phenoxy) is 3. The van der Waals surface area contributed by atoms with Gasteiger partial charge in [0.1, 0.15) is 0 Å². The number of hydrogen-bond acceptors (Lipinski definition) is 4. The van der Waals surface area contributed by atoms with E-state index in [1.807, 2.05) is 0 Å². The standard InChI is InChI=1S/C16H22O4/c1-18-14(17)12-3-2-5-15-6-4-11(9-13(12)15)10-16(15)19-7-8-20-16/h3,11,13H,2,4-10H2,1H3/t11?,13?,15-/m1/s1. The first-order chi connectivity index (χ1) is 9.71. The minimum Gasteiger partial charge on any atom is -0.466 e. The molecule has 5 rings (SSSR count). The van der Waals surface area contributed by atoms with Gasteiger partial charge in [-0.25, -0.2) is 4.79 Å². The van der Waals surface area contributed by atoms with E-state index in [1.54, 1.807) is 0 Å². The van der Waals surface area contributed by atoms with E-state index in [2.05, 4.69) is 6.08 Å². The highest BCUT2D eigenvalue weighted by Crippen LogP contribution is 2.66. The predicted molar refractivity (Wildman–Crippen MR) is 71.8 cm³/mol. The van der Waals surface area contributed by atoms with Crippen LogP contribution in [0.3, 0.4) is 0 Å². The molecule has 0 N–H and O–H groups in total. The molecular weight excluding hydrogens is 256 g/mol. The topological polar surface area (TPSA) is 44.8 Å². The minimum atomic E-state index is -0.424. The summed E-state index contributed by atoms with van der Waals surface area (Å²) in [7, 11) is 1.48. The van der Waals surface area contributed by atoms with Gasteiger partial charge in [-0.1, -0.05) is 6.08 Å². The summed E-state index contributed by atoms with van der Waals surface area (Å²) >= 11 is 0. The van der Waals surface area contributed by atoms with Gasteiger partial charge in [0.2, 0.25) is 0 Å². The van der Waals surface area contributed by atoms with Gasteiger partial charge in [0.05, 0.1) is 20.3 Å². The van der Waals surface area contributed by atoms with E-state index in [0.29, 0.717) is 19.1 Å². The molecule has 0 aromatic heterocycles. The van der Waals surface area contributed by atoms with Crippen molar-refractivity contribution < 1.29 is 19.0 Å². The molecule has 1 aliphatic heterocycles. The Kier molecular flexibility index (Phi) is 2.77. The van der Waals surface area contributed by atoms with Crippen molar-refractivity contribution in [3.63, 3.8) is 0 Å². The molecule has 0 aromatic rings. The summed E-state index contributed by atoms with van der Waals surface area (Å²) in [5, 5.41) is 0. The Morgan fingerprint density at radius 2 is 2.15 bits per heavy atom. The van der Waals surface area contributed by atoms with Crippen molar-refractivity contribution >= 4 is 5.97 Å². The Labute approximate surface area is 119 Å². The second kappa shape index (κ2) is 4.31. The van der Waals surface area contributed by atoms with Gasteiger partial charge in [-0.2, -0.15) is 0 Å². The van der Waals surface area contributed by atoms with E-state index in [4.69, 9.17) is 14.2 Å². The number of hydrogen-bond donors (Lipinski definition) is 0. The molecule has 0 aromatic carbocycles. The van der Waals surface area contributed by atoms with E-state index in [1.165, 1.54) is 13.5 Å². The van der Waals surface area contributed by atoms with Crippen molar-refractivity contribution in [2.24, 2.45) is 17.3 Å². The Morgan fingerprint density at radius 1 is 1.35 bits per heavy atom. The number of allylic oxidation sites excluding steroid dienone is 1. The molecule has 2 bridgehead atoms. The highest BCUT2D eigenvalue weighted by atomic mass is 16.7. The molecule has 20 heavy (non-hydrogen) atoms. The summed E-state index contributed by atoms with van der Waals surface area (Å²) in [5.41, 5.74) is 0.873. The van der Waals surface area contributed by atoms with E-state index in [9.17, 15) is 4.79 Å². The van der Waals surface area contributed by atoms with Gasteiger partial charge in [0.25, 0.3) is 0 Å². The summed E-state index contributed by atoms with van der Waals surface area (Å²) in [6.45, 7) is 1.39. The molecule has 110 valence electrons. The van der Waals surface area contributed by atoms with Crippen LogP contribution in [-0.4, -0.2) is 32.1 Å². The van der Waals surface area contributed by atoms with Crippen LogP contribution in [0.15, 0.2) is 11.6 Å². The van der Waals surface area contributed by atoms with Gasteiger partial charge in [0, 0.05) is 23.3 Å². The maximum atomic E-state index is 12.1. The molecule has 2 unspecified atom stereocenters. The molecule has 4 nitrogen and oxygen atoms in total. The predicted octanol–water partition coefficient (Wildman–Crippen LogP) is 2.43. The number of carbonyl (C=O) groups excluding carboxylic acids is 1. The molecule has 3 saturated carbocycles. The summed E-state index contributed by atoms with van der Waals surface area (Å²) in [4.78, 5) is 12.1. The third kappa shape index (κ3) is 1.47. The minimum absolute atomic E-state index is 0.00345. The van der Waals surface area contributed by atoms with Gasteiger partial charge < -0.3 is 14.2 Å². The second-order valence-corrected chi connectivity index (χ2v) is 6.69. The molecule has 1 saturated heterocycles. The van der Waals surface area contributed by atoms with Crippen molar-refractivity contribution in [1.29, 1.82) is 0 Å². The molecule has 1 heterocycles. The summed E-state index contributed by atoms with van der Waals surface area (Å²) in [6.07, 6.45) is 8.57. The van der Waals surface area contributed by atoms with Crippen LogP contribution in [0, 0.1) is 17.3 Å². The van der Waals surface area contributed by atoms with Crippen molar-refractivity contribution in [3.05, 3.63) is 11.6 Å². The number of carbonyl (C=O) groups is 1. The largest absolute Gasteiger partial charge is 0.466 e. The van der Waals surface area contributed by atoms with Crippen LogP contribution < -0.4 is 0 Å². The third-order valence-corrected chi connectivity index (χ3v) is 6.06.